The Labute approximate surface area is 79.8 Å². The summed E-state index contributed by atoms with van der Waals surface area (Å²) in [7, 11) is 1.55. The molecule has 1 amide bonds. The number of hydrogen-bond donors (Lipinski definition) is 1. The van der Waals surface area contributed by atoms with Crippen LogP contribution in [0.2, 0.25) is 0 Å². The quantitative estimate of drug-likeness (QED) is 0.717. The highest BCUT2D eigenvalue weighted by Crippen LogP contribution is 2.39. The first-order chi connectivity index (χ1) is 6.07. The Hall–Kier alpha value is -0.570. The molecule has 0 heterocycles. The fourth-order valence-corrected chi connectivity index (χ4v) is 1.51. The molecule has 0 saturated heterocycles. The number of hydrogen-bond acceptors (Lipinski definition) is 2. The molecule has 0 aromatic rings. The number of nitrogens with one attached hydrogen (secondary N) is 1. The van der Waals surface area contributed by atoms with Crippen molar-refractivity contribution in [1.82, 2.24) is 5.32 Å². The molecule has 1 aliphatic rings. The van der Waals surface area contributed by atoms with Gasteiger partial charge in [-0.1, -0.05) is 13.3 Å². The topological polar surface area (TPSA) is 38.3 Å². The van der Waals surface area contributed by atoms with E-state index in [1.165, 1.54) is 19.3 Å². The van der Waals surface area contributed by atoms with Crippen molar-refractivity contribution in [3.8, 4) is 0 Å². The third kappa shape index (κ3) is 2.69. The average molecular weight is 185 g/mol. The summed E-state index contributed by atoms with van der Waals surface area (Å²) in [6.07, 6.45) is 3.43. The van der Waals surface area contributed by atoms with Crippen molar-refractivity contribution in [2.45, 2.75) is 39.2 Å². The first-order valence-electron chi connectivity index (χ1n) is 4.88. The van der Waals surface area contributed by atoms with Crippen LogP contribution in [0, 0.1) is 5.41 Å². The second-order valence-corrected chi connectivity index (χ2v) is 4.26. The molecular formula is C10H19NO2. The lowest BCUT2D eigenvalue weighted by atomic mass is 9.70. The minimum Gasteiger partial charge on any atom is -0.372 e. The summed E-state index contributed by atoms with van der Waals surface area (Å²) in [5.74, 6) is -0.00405. The van der Waals surface area contributed by atoms with Gasteiger partial charge in [0.1, 0.15) is 6.10 Å². The van der Waals surface area contributed by atoms with Crippen molar-refractivity contribution in [2.24, 2.45) is 5.41 Å². The SMILES string of the molecule is COC(C)C(=O)NCC1(C)CCC1. The molecule has 3 nitrogen and oxygen atoms in total. The summed E-state index contributed by atoms with van der Waals surface area (Å²) in [4.78, 5) is 11.3. The number of methoxy groups -OCH3 is 1. The molecule has 1 aliphatic carbocycles. The normalized spacial score (nSPS) is 21.8. The van der Waals surface area contributed by atoms with Crippen molar-refractivity contribution < 1.29 is 9.53 Å². The summed E-state index contributed by atoms with van der Waals surface area (Å²) >= 11 is 0. The lowest BCUT2D eigenvalue weighted by Gasteiger charge is -2.38. The summed E-state index contributed by atoms with van der Waals surface area (Å²) in [6.45, 7) is 4.77. The Morgan fingerprint density at radius 2 is 2.23 bits per heavy atom. The highest BCUT2D eigenvalue weighted by molar-refractivity contribution is 5.80. The zero-order chi connectivity index (χ0) is 9.90. The highest BCUT2D eigenvalue weighted by Gasteiger charge is 2.32. The molecule has 1 unspecified atom stereocenters. The predicted octanol–water partition coefficient (Wildman–Crippen LogP) is 1.33. The Bertz CT molecular complexity index is 187. The van der Waals surface area contributed by atoms with Crippen molar-refractivity contribution in [1.29, 1.82) is 0 Å². The minimum atomic E-state index is -0.330. The van der Waals surface area contributed by atoms with E-state index in [1.54, 1.807) is 14.0 Å². The van der Waals surface area contributed by atoms with E-state index in [2.05, 4.69) is 12.2 Å². The van der Waals surface area contributed by atoms with Crippen LogP contribution in [0.4, 0.5) is 0 Å². The van der Waals surface area contributed by atoms with Gasteiger partial charge in [0.2, 0.25) is 5.91 Å². The fraction of sp³-hybridized carbons (Fsp3) is 0.900. The van der Waals surface area contributed by atoms with Crippen LogP contribution in [-0.2, 0) is 9.53 Å². The maximum absolute atomic E-state index is 11.3. The molecule has 0 bridgehead atoms. The molecule has 0 aliphatic heterocycles. The Balaban J connectivity index is 2.21. The maximum atomic E-state index is 11.3. The van der Waals surface area contributed by atoms with Gasteiger partial charge in [-0.3, -0.25) is 4.79 Å². The zero-order valence-electron chi connectivity index (χ0n) is 8.72. The molecule has 3 heteroatoms. The van der Waals surface area contributed by atoms with Crippen molar-refractivity contribution in [3.05, 3.63) is 0 Å². The first kappa shape index (κ1) is 10.5. The van der Waals surface area contributed by atoms with Crippen molar-refractivity contribution >= 4 is 5.91 Å². The average Bonchev–Trinajstić information content (AvgIpc) is 2.09. The summed E-state index contributed by atoms with van der Waals surface area (Å²) in [5, 5.41) is 2.91. The lowest BCUT2D eigenvalue weighted by Crippen LogP contribution is -2.43. The van der Waals surface area contributed by atoms with E-state index >= 15 is 0 Å². The summed E-state index contributed by atoms with van der Waals surface area (Å²) in [5.41, 5.74) is 0.350. The van der Waals surface area contributed by atoms with Crippen LogP contribution in [0.25, 0.3) is 0 Å². The molecule has 0 aromatic heterocycles. The number of amides is 1. The summed E-state index contributed by atoms with van der Waals surface area (Å²) < 4.78 is 4.92. The van der Waals surface area contributed by atoms with Crippen LogP contribution in [0.15, 0.2) is 0 Å². The Morgan fingerprint density at radius 3 is 2.62 bits per heavy atom. The number of carbonyl (C=O) groups excluding carboxylic acids is 1. The number of carbonyl (C=O) groups is 1. The van der Waals surface area contributed by atoms with Gasteiger partial charge in [0.05, 0.1) is 0 Å². The van der Waals surface area contributed by atoms with Gasteiger partial charge in [-0.25, -0.2) is 0 Å². The third-order valence-electron chi connectivity index (χ3n) is 2.97. The standard InChI is InChI=1S/C10H19NO2/c1-8(13-3)9(12)11-7-10(2)5-4-6-10/h8H,4-7H2,1-3H3,(H,11,12). The van der Waals surface area contributed by atoms with Gasteiger partial charge in [-0.2, -0.15) is 0 Å². The summed E-state index contributed by atoms with van der Waals surface area (Å²) in [6, 6.07) is 0. The van der Waals surface area contributed by atoms with Crippen molar-refractivity contribution in [3.63, 3.8) is 0 Å². The Morgan fingerprint density at radius 1 is 1.62 bits per heavy atom. The number of rotatable bonds is 4. The van der Waals surface area contributed by atoms with Gasteiger partial charge in [-0.15, -0.1) is 0 Å². The fourth-order valence-electron chi connectivity index (χ4n) is 1.51. The second-order valence-electron chi connectivity index (χ2n) is 4.26. The van der Waals surface area contributed by atoms with E-state index in [9.17, 15) is 4.79 Å². The lowest BCUT2D eigenvalue weighted by molar-refractivity contribution is -0.130. The molecule has 1 fully saturated rings. The zero-order valence-corrected chi connectivity index (χ0v) is 8.72. The van der Waals surface area contributed by atoms with Crippen LogP contribution in [0.1, 0.15) is 33.1 Å². The van der Waals surface area contributed by atoms with Gasteiger partial charge in [0.25, 0.3) is 0 Å². The predicted molar refractivity (Wildman–Crippen MR) is 51.4 cm³/mol. The van der Waals surface area contributed by atoms with Gasteiger partial charge in [0, 0.05) is 13.7 Å². The van der Waals surface area contributed by atoms with Gasteiger partial charge in [0.15, 0.2) is 0 Å². The largest absolute Gasteiger partial charge is 0.372 e. The molecule has 0 aromatic carbocycles. The van der Waals surface area contributed by atoms with E-state index in [0.29, 0.717) is 5.41 Å². The monoisotopic (exact) mass is 185 g/mol. The molecule has 0 radical (unpaired) electrons. The van der Waals surface area contributed by atoms with E-state index < -0.39 is 0 Å². The van der Waals surface area contributed by atoms with Gasteiger partial charge in [-0.05, 0) is 25.2 Å². The second kappa shape index (κ2) is 4.09. The molecular weight excluding hydrogens is 166 g/mol. The van der Waals surface area contributed by atoms with Crippen LogP contribution in [0.3, 0.4) is 0 Å². The van der Waals surface area contributed by atoms with Crippen LogP contribution < -0.4 is 5.32 Å². The third-order valence-corrected chi connectivity index (χ3v) is 2.97. The molecule has 1 rings (SSSR count). The molecule has 13 heavy (non-hydrogen) atoms. The van der Waals surface area contributed by atoms with E-state index in [1.807, 2.05) is 0 Å². The minimum absolute atomic E-state index is 0.00405. The molecule has 76 valence electrons. The van der Waals surface area contributed by atoms with E-state index in [0.717, 1.165) is 6.54 Å². The maximum Gasteiger partial charge on any atom is 0.248 e. The smallest absolute Gasteiger partial charge is 0.248 e. The number of ether oxygens (including phenoxy) is 1. The highest BCUT2D eigenvalue weighted by atomic mass is 16.5. The van der Waals surface area contributed by atoms with Gasteiger partial charge >= 0.3 is 0 Å². The molecule has 1 N–H and O–H groups in total. The first-order valence-corrected chi connectivity index (χ1v) is 4.88. The van der Waals surface area contributed by atoms with E-state index in [-0.39, 0.29) is 12.0 Å². The van der Waals surface area contributed by atoms with Gasteiger partial charge < -0.3 is 10.1 Å². The van der Waals surface area contributed by atoms with Crippen LogP contribution in [-0.4, -0.2) is 25.7 Å². The molecule has 1 atom stereocenters. The van der Waals surface area contributed by atoms with Crippen LogP contribution >= 0.6 is 0 Å². The molecule has 1 saturated carbocycles. The Kier molecular flexibility index (Phi) is 3.31. The van der Waals surface area contributed by atoms with Crippen molar-refractivity contribution in [2.75, 3.05) is 13.7 Å². The molecule has 0 spiro atoms. The van der Waals surface area contributed by atoms with Crippen LogP contribution in [0.5, 0.6) is 0 Å². The van der Waals surface area contributed by atoms with E-state index in [4.69, 9.17) is 4.74 Å².